The Morgan fingerprint density at radius 3 is 2.71 bits per heavy atom. The smallest absolute Gasteiger partial charge is 0.153 e. The van der Waals surface area contributed by atoms with Crippen LogP contribution >= 0.6 is 0 Å². The molecule has 0 unspecified atom stereocenters. The van der Waals surface area contributed by atoms with Gasteiger partial charge in [0.2, 0.25) is 0 Å². The monoisotopic (exact) mass is 376 g/mol. The summed E-state index contributed by atoms with van der Waals surface area (Å²) in [4.78, 5) is 11.7. The van der Waals surface area contributed by atoms with Crippen molar-refractivity contribution in [2.75, 3.05) is 13.2 Å². The van der Waals surface area contributed by atoms with E-state index >= 15 is 0 Å². The Hall–Kier alpha value is -2.92. The van der Waals surface area contributed by atoms with Crippen LogP contribution in [0.2, 0.25) is 0 Å². The van der Waals surface area contributed by atoms with Crippen molar-refractivity contribution >= 4 is 6.29 Å². The van der Waals surface area contributed by atoms with E-state index in [2.05, 4.69) is 17.4 Å². The predicted molar refractivity (Wildman–Crippen MR) is 108 cm³/mol. The molecule has 5 heteroatoms. The minimum atomic E-state index is 0.377. The van der Waals surface area contributed by atoms with E-state index in [1.807, 2.05) is 54.2 Å². The summed E-state index contributed by atoms with van der Waals surface area (Å²) in [6.45, 7) is 3.96. The number of benzene rings is 2. The van der Waals surface area contributed by atoms with Crippen molar-refractivity contribution in [3.05, 3.63) is 71.5 Å². The maximum absolute atomic E-state index is 11.7. The molecule has 1 saturated heterocycles. The number of hydrogen-bond donors (Lipinski definition) is 0. The zero-order chi connectivity index (χ0) is 19.3. The van der Waals surface area contributed by atoms with Gasteiger partial charge in [0.25, 0.3) is 0 Å². The standard InChI is InChI=1S/C23H24N2O3/c1-17-11-19(21-13-24-25(14-21)22-7-9-27-10-8-22)12-20(15-26)23(17)28-16-18-5-3-2-4-6-18/h2-6,11-15,22H,7-10,16H2,1H3. The van der Waals surface area contributed by atoms with Crippen molar-refractivity contribution in [3.63, 3.8) is 0 Å². The second kappa shape index (κ2) is 8.40. The van der Waals surface area contributed by atoms with Crippen LogP contribution in [-0.2, 0) is 11.3 Å². The molecular weight excluding hydrogens is 352 g/mol. The molecule has 1 aromatic heterocycles. The highest BCUT2D eigenvalue weighted by molar-refractivity contribution is 5.84. The molecular formula is C23H24N2O3. The van der Waals surface area contributed by atoms with Crippen LogP contribution in [0.15, 0.2) is 54.9 Å². The summed E-state index contributed by atoms with van der Waals surface area (Å²) < 4.78 is 13.4. The SMILES string of the molecule is Cc1cc(-c2cnn(C3CCOCC3)c2)cc(C=O)c1OCc1ccccc1. The summed E-state index contributed by atoms with van der Waals surface area (Å²) in [5, 5.41) is 4.54. The van der Waals surface area contributed by atoms with E-state index in [-0.39, 0.29) is 0 Å². The summed E-state index contributed by atoms with van der Waals surface area (Å²) >= 11 is 0. The molecule has 0 saturated carbocycles. The summed E-state index contributed by atoms with van der Waals surface area (Å²) in [6.07, 6.45) is 6.74. The zero-order valence-corrected chi connectivity index (χ0v) is 16.0. The van der Waals surface area contributed by atoms with E-state index in [0.717, 1.165) is 54.6 Å². The van der Waals surface area contributed by atoms with Crippen molar-refractivity contribution in [3.8, 4) is 16.9 Å². The number of rotatable bonds is 6. The molecule has 0 radical (unpaired) electrons. The first-order valence-corrected chi connectivity index (χ1v) is 9.63. The Balaban J connectivity index is 1.56. The molecule has 1 aliphatic rings. The first kappa shape index (κ1) is 18.4. The molecule has 2 heterocycles. The number of ether oxygens (including phenoxy) is 2. The van der Waals surface area contributed by atoms with E-state index in [0.29, 0.717) is 24.0 Å². The van der Waals surface area contributed by atoms with Gasteiger partial charge in [-0.05, 0) is 48.6 Å². The van der Waals surface area contributed by atoms with E-state index in [1.165, 1.54) is 0 Å². The molecule has 0 N–H and O–H groups in total. The van der Waals surface area contributed by atoms with Gasteiger partial charge >= 0.3 is 0 Å². The van der Waals surface area contributed by atoms with E-state index in [1.54, 1.807) is 0 Å². The second-order valence-electron chi connectivity index (χ2n) is 7.16. The number of nitrogens with zero attached hydrogens (tertiary/aromatic N) is 2. The fraction of sp³-hybridized carbons (Fsp3) is 0.304. The van der Waals surface area contributed by atoms with Crippen LogP contribution in [0.5, 0.6) is 5.75 Å². The molecule has 0 amide bonds. The number of aryl methyl sites for hydroxylation is 1. The Morgan fingerprint density at radius 1 is 1.18 bits per heavy atom. The molecule has 28 heavy (non-hydrogen) atoms. The lowest BCUT2D eigenvalue weighted by atomic mass is 10.0. The Kier molecular flexibility index (Phi) is 5.53. The summed E-state index contributed by atoms with van der Waals surface area (Å²) in [6, 6.07) is 14.3. The Bertz CT molecular complexity index is 944. The van der Waals surface area contributed by atoms with Gasteiger partial charge in [0.15, 0.2) is 6.29 Å². The Morgan fingerprint density at radius 2 is 1.96 bits per heavy atom. The first-order chi connectivity index (χ1) is 13.7. The molecule has 1 aliphatic heterocycles. The van der Waals surface area contributed by atoms with Gasteiger partial charge in [0, 0.05) is 25.0 Å². The molecule has 4 rings (SSSR count). The van der Waals surface area contributed by atoms with Crippen molar-refractivity contribution in [2.45, 2.75) is 32.4 Å². The van der Waals surface area contributed by atoms with Gasteiger partial charge in [-0.1, -0.05) is 30.3 Å². The second-order valence-corrected chi connectivity index (χ2v) is 7.16. The minimum absolute atomic E-state index is 0.377. The molecule has 5 nitrogen and oxygen atoms in total. The van der Waals surface area contributed by atoms with Crippen molar-refractivity contribution in [1.82, 2.24) is 9.78 Å². The van der Waals surface area contributed by atoms with Crippen LogP contribution in [0, 0.1) is 6.92 Å². The number of carbonyl (C=O) groups is 1. The van der Waals surface area contributed by atoms with Gasteiger partial charge in [-0.25, -0.2) is 0 Å². The molecule has 144 valence electrons. The first-order valence-electron chi connectivity index (χ1n) is 9.63. The molecule has 2 aromatic carbocycles. The number of carbonyl (C=O) groups excluding carboxylic acids is 1. The fourth-order valence-corrected chi connectivity index (χ4v) is 3.62. The van der Waals surface area contributed by atoms with Gasteiger partial charge in [0.1, 0.15) is 12.4 Å². The summed E-state index contributed by atoms with van der Waals surface area (Å²) in [5.74, 6) is 0.638. The average molecular weight is 376 g/mol. The number of aromatic nitrogens is 2. The summed E-state index contributed by atoms with van der Waals surface area (Å²) in [5.41, 5.74) is 4.55. The third-order valence-corrected chi connectivity index (χ3v) is 5.16. The van der Waals surface area contributed by atoms with Crippen LogP contribution in [0.4, 0.5) is 0 Å². The van der Waals surface area contributed by atoms with Gasteiger partial charge < -0.3 is 9.47 Å². The summed E-state index contributed by atoms with van der Waals surface area (Å²) in [7, 11) is 0. The zero-order valence-electron chi connectivity index (χ0n) is 16.0. The number of aldehydes is 1. The van der Waals surface area contributed by atoms with E-state index in [4.69, 9.17) is 9.47 Å². The molecule has 0 spiro atoms. The lowest BCUT2D eigenvalue weighted by molar-refractivity contribution is 0.0662. The van der Waals surface area contributed by atoms with Gasteiger partial charge in [-0.15, -0.1) is 0 Å². The quantitative estimate of drug-likeness (QED) is 0.590. The maximum atomic E-state index is 11.7. The van der Waals surface area contributed by atoms with Gasteiger partial charge in [-0.3, -0.25) is 9.48 Å². The predicted octanol–water partition coefficient (Wildman–Crippen LogP) is 4.60. The van der Waals surface area contributed by atoms with Crippen molar-refractivity contribution < 1.29 is 14.3 Å². The van der Waals surface area contributed by atoms with Gasteiger partial charge in [-0.2, -0.15) is 5.10 Å². The highest BCUT2D eigenvalue weighted by atomic mass is 16.5. The van der Waals surface area contributed by atoms with Crippen LogP contribution in [0.3, 0.4) is 0 Å². The molecule has 3 aromatic rings. The minimum Gasteiger partial charge on any atom is -0.488 e. The van der Waals surface area contributed by atoms with E-state index < -0.39 is 0 Å². The molecule has 0 aliphatic carbocycles. The number of hydrogen-bond acceptors (Lipinski definition) is 4. The Labute approximate surface area is 164 Å². The van der Waals surface area contributed by atoms with Crippen LogP contribution in [-0.4, -0.2) is 29.3 Å². The maximum Gasteiger partial charge on any atom is 0.153 e. The highest BCUT2D eigenvalue weighted by Crippen LogP contribution is 2.31. The topological polar surface area (TPSA) is 53.4 Å². The molecule has 1 fully saturated rings. The highest BCUT2D eigenvalue weighted by Gasteiger charge is 2.18. The molecule has 0 bridgehead atoms. The lowest BCUT2D eigenvalue weighted by Gasteiger charge is -2.22. The fourth-order valence-electron chi connectivity index (χ4n) is 3.62. The van der Waals surface area contributed by atoms with Gasteiger partial charge in [0.05, 0.1) is 17.8 Å². The van der Waals surface area contributed by atoms with Crippen LogP contribution < -0.4 is 4.74 Å². The van der Waals surface area contributed by atoms with Crippen LogP contribution in [0.25, 0.3) is 11.1 Å². The third kappa shape index (κ3) is 3.99. The third-order valence-electron chi connectivity index (χ3n) is 5.16. The average Bonchev–Trinajstić information content (AvgIpc) is 3.24. The van der Waals surface area contributed by atoms with Crippen LogP contribution in [0.1, 0.15) is 40.4 Å². The largest absolute Gasteiger partial charge is 0.488 e. The van der Waals surface area contributed by atoms with E-state index in [9.17, 15) is 4.79 Å². The lowest BCUT2D eigenvalue weighted by Crippen LogP contribution is -2.19. The normalized spacial score (nSPS) is 14.8. The van der Waals surface area contributed by atoms with Crippen molar-refractivity contribution in [1.29, 1.82) is 0 Å². The van der Waals surface area contributed by atoms with Crippen molar-refractivity contribution in [2.24, 2.45) is 0 Å². The molecule has 0 atom stereocenters.